The minimum atomic E-state index is -0.719. The first-order valence-electron chi connectivity index (χ1n) is 5.01. The van der Waals surface area contributed by atoms with E-state index in [0.717, 1.165) is 0 Å². The van der Waals surface area contributed by atoms with Gasteiger partial charge in [0.25, 0.3) is 5.56 Å². The number of hydrogen-bond acceptors (Lipinski definition) is 6. The average Bonchev–Trinajstić information content (AvgIpc) is 2.84. The van der Waals surface area contributed by atoms with E-state index in [1.807, 2.05) is 22.9 Å². The third-order valence-corrected chi connectivity index (χ3v) is 4.30. The summed E-state index contributed by atoms with van der Waals surface area (Å²) in [7, 11) is 1.22. The lowest BCUT2D eigenvalue weighted by molar-refractivity contribution is 0.0594. The van der Waals surface area contributed by atoms with Gasteiger partial charge >= 0.3 is 5.97 Å². The minimum absolute atomic E-state index is 0.118. The zero-order valence-corrected chi connectivity index (χ0v) is 12.6. The number of halogens is 1. The van der Waals surface area contributed by atoms with Gasteiger partial charge in [-0.2, -0.15) is 0 Å². The molecule has 0 aliphatic carbocycles. The molecule has 6 nitrogen and oxygen atoms in total. The summed E-state index contributed by atoms with van der Waals surface area (Å²) in [5.41, 5.74) is 1.52. The fourth-order valence-corrected chi connectivity index (χ4v) is 3.01. The molecule has 0 saturated heterocycles. The maximum absolute atomic E-state index is 12.1. The van der Waals surface area contributed by atoms with E-state index in [9.17, 15) is 9.59 Å². The van der Waals surface area contributed by atoms with Gasteiger partial charge in [0.1, 0.15) is 10.3 Å². The zero-order valence-electron chi connectivity index (χ0n) is 9.60. The van der Waals surface area contributed by atoms with Gasteiger partial charge in [-0.3, -0.25) is 4.79 Å². The molecule has 96 valence electrons. The highest BCUT2D eigenvalue weighted by atomic mass is 127. The Kier molecular flexibility index (Phi) is 3.85. The van der Waals surface area contributed by atoms with Crippen molar-refractivity contribution in [3.8, 4) is 5.75 Å². The number of methoxy groups -OCH3 is 1. The molecule has 0 bridgehead atoms. The molecule has 0 aromatic carbocycles. The Morgan fingerprint density at radius 3 is 2.94 bits per heavy atom. The Bertz CT molecular complexity index is 664. The van der Waals surface area contributed by atoms with E-state index < -0.39 is 11.5 Å². The second-order valence-electron chi connectivity index (χ2n) is 3.22. The maximum atomic E-state index is 12.1. The van der Waals surface area contributed by atoms with Crippen LogP contribution in [0.1, 0.15) is 17.3 Å². The number of hydrogen-bond donors (Lipinski definition) is 0. The molecule has 2 aromatic rings. The van der Waals surface area contributed by atoms with Gasteiger partial charge in [0.15, 0.2) is 11.3 Å². The van der Waals surface area contributed by atoms with E-state index in [-0.39, 0.29) is 11.3 Å². The first kappa shape index (κ1) is 13.3. The van der Waals surface area contributed by atoms with Crippen LogP contribution in [0.5, 0.6) is 5.75 Å². The number of fused-ring (bicyclic) bond motifs is 1. The molecule has 8 heteroatoms. The van der Waals surface area contributed by atoms with E-state index >= 15 is 0 Å². The summed E-state index contributed by atoms with van der Waals surface area (Å²) < 4.78 is 11.4. The van der Waals surface area contributed by atoms with E-state index in [2.05, 4.69) is 9.72 Å². The second-order valence-corrected chi connectivity index (χ2v) is 5.02. The Morgan fingerprint density at radius 1 is 1.61 bits per heavy atom. The molecule has 2 aromatic heterocycles. The lowest BCUT2D eigenvalue weighted by Gasteiger charge is -2.10. The van der Waals surface area contributed by atoms with Crippen molar-refractivity contribution in [1.29, 1.82) is 0 Å². The molecule has 0 amide bonds. The fourth-order valence-electron chi connectivity index (χ4n) is 1.51. The molecule has 2 rings (SSSR count). The second kappa shape index (κ2) is 5.22. The Hall–Kier alpha value is -1.16. The standard InChI is InChI=1S/C10H9IN2O4S/c1-3-17-7-5(10(15)16-2)8(14)13(11)9-6(7)12-4-18-9/h4H,3H2,1-2H3. The number of aromatic nitrogens is 2. The smallest absolute Gasteiger partial charge is 0.347 e. The number of esters is 1. The van der Waals surface area contributed by atoms with E-state index in [1.54, 1.807) is 12.4 Å². The summed E-state index contributed by atoms with van der Waals surface area (Å²) in [4.78, 5) is 28.6. The molecule has 18 heavy (non-hydrogen) atoms. The summed E-state index contributed by atoms with van der Waals surface area (Å²) in [6, 6.07) is 0. The first-order chi connectivity index (χ1) is 8.61. The summed E-state index contributed by atoms with van der Waals surface area (Å²) in [6.45, 7) is 2.11. The molecule has 0 aliphatic heterocycles. The topological polar surface area (TPSA) is 70.4 Å². The van der Waals surface area contributed by atoms with Gasteiger partial charge < -0.3 is 9.47 Å². The molecule has 0 aliphatic rings. The van der Waals surface area contributed by atoms with Crippen LogP contribution >= 0.6 is 34.2 Å². The van der Waals surface area contributed by atoms with Crippen LogP contribution in [0.3, 0.4) is 0 Å². The van der Waals surface area contributed by atoms with E-state index in [0.29, 0.717) is 17.0 Å². The van der Waals surface area contributed by atoms with Crippen LogP contribution in [0.2, 0.25) is 0 Å². The third kappa shape index (κ3) is 1.99. The van der Waals surface area contributed by atoms with Gasteiger partial charge in [-0.1, -0.05) is 0 Å². The van der Waals surface area contributed by atoms with Crippen LogP contribution < -0.4 is 10.3 Å². The van der Waals surface area contributed by atoms with E-state index in [4.69, 9.17) is 4.74 Å². The van der Waals surface area contributed by atoms with Crippen LogP contribution in [0, 0.1) is 0 Å². The first-order valence-corrected chi connectivity index (χ1v) is 6.85. The highest BCUT2D eigenvalue weighted by Gasteiger charge is 2.25. The van der Waals surface area contributed by atoms with Crippen molar-refractivity contribution in [2.75, 3.05) is 13.7 Å². The van der Waals surface area contributed by atoms with Crippen molar-refractivity contribution in [3.63, 3.8) is 0 Å². The molecular formula is C10H9IN2O4S. The number of rotatable bonds is 3. The van der Waals surface area contributed by atoms with Crippen molar-refractivity contribution in [2.45, 2.75) is 6.92 Å². The molecule has 0 N–H and O–H groups in total. The molecular weight excluding hydrogens is 371 g/mol. The molecule has 0 unspecified atom stereocenters. The van der Waals surface area contributed by atoms with Gasteiger partial charge in [-0.05, 0) is 6.92 Å². The van der Waals surface area contributed by atoms with Crippen LogP contribution in [0.25, 0.3) is 10.3 Å². The van der Waals surface area contributed by atoms with Gasteiger partial charge in [0, 0.05) is 0 Å². The van der Waals surface area contributed by atoms with Crippen LogP contribution in [-0.2, 0) is 4.74 Å². The highest BCUT2D eigenvalue weighted by molar-refractivity contribution is 14.1. The van der Waals surface area contributed by atoms with Gasteiger partial charge in [0.2, 0.25) is 0 Å². The maximum Gasteiger partial charge on any atom is 0.347 e. The predicted octanol–water partition coefficient (Wildman–Crippen LogP) is 1.84. The Morgan fingerprint density at radius 2 is 2.33 bits per heavy atom. The van der Waals surface area contributed by atoms with Gasteiger partial charge in [0.05, 0.1) is 42.1 Å². The molecule has 0 saturated carbocycles. The highest BCUT2D eigenvalue weighted by Crippen LogP contribution is 2.30. The predicted molar refractivity (Wildman–Crippen MR) is 75.8 cm³/mol. The number of carbonyl (C=O) groups excluding carboxylic acids is 1. The monoisotopic (exact) mass is 380 g/mol. The number of nitrogens with zero attached hydrogens (tertiary/aromatic N) is 2. The molecule has 0 fully saturated rings. The third-order valence-electron chi connectivity index (χ3n) is 2.24. The average molecular weight is 380 g/mol. The molecule has 0 atom stereocenters. The molecule has 0 spiro atoms. The van der Waals surface area contributed by atoms with Crippen molar-refractivity contribution < 1.29 is 14.3 Å². The number of carbonyl (C=O) groups is 1. The van der Waals surface area contributed by atoms with Crippen molar-refractivity contribution in [2.24, 2.45) is 0 Å². The number of pyridine rings is 1. The lowest BCUT2D eigenvalue weighted by Crippen LogP contribution is -2.24. The molecule has 0 radical (unpaired) electrons. The summed E-state index contributed by atoms with van der Waals surface area (Å²) >= 11 is 3.14. The number of ether oxygens (including phenoxy) is 2. The summed E-state index contributed by atoms with van der Waals surface area (Å²) in [5.74, 6) is -0.526. The summed E-state index contributed by atoms with van der Waals surface area (Å²) in [5, 5.41) is 0. The largest absolute Gasteiger partial charge is 0.490 e. The van der Waals surface area contributed by atoms with Crippen molar-refractivity contribution >= 4 is 50.5 Å². The number of thiazole rings is 1. The van der Waals surface area contributed by atoms with Gasteiger partial charge in [-0.15, -0.1) is 11.3 Å². The van der Waals surface area contributed by atoms with Crippen LogP contribution in [0.4, 0.5) is 0 Å². The Balaban J connectivity index is 2.88. The Labute approximate surface area is 120 Å². The minimum Gasteiger partial charge on any atom is -0.490 e. The molecule has 2 heterocycles. The van der Waals surface area contributed by atoms with Crippen LogP contribution in [-0.4, -0.2) is 27.5 Å². The quantitative estimate of drug-likeness (QED) is 0.601. The van der Waals surface area contributed by atoms with E-state index in [1.165, 1.54) is 21.2 Å². The van der Waals surface area contributed by atoms with Crippen LogP contribution in [0.15, 0.2) is 10.3 Å². The van der Waals surface area contributed by atoms with Crippen molar-refractivity contribution in [3.05, 3.63) is 21.4 Å². The van der Waals surface area contributed by atoms with Crippen molar-refractivity contribution in [1.82, 2.24) is 7.76 Å². The SMILES string of the molecule is CCOc1c(C(=O)OC)c(=O)n(I)c2scnc12. The summed E-state index contributed by atoms with van der Waals surface area (Å²) in [6.07, 6.45) is 0. The lowest BCUT2D eigenvalue weighted by atomic mass is 10.2. The zero-order chi connectivity index (χ0) is 13.3. The normalized spacial score (nSPS) is 10.6. The fraction of sp³-hybridized carbons (Fsp3) is 0.300. The van der Waals surface area contributed by atoms with Gasteiger partial charge in [-0.25, -0.2) is 12.6 Å².